The second kappa shape index (κ2) is 6.59. The highest BCUT2D eigenvalue weighted by atomic mass is 35.5. The van der Waals surface area contributed by atoms with Gasteiger partial charge in [0.05, 0.1) is 19.9 Å². The first-order valence-electron chi connectivity index (χ1n) is 8.14. The fourth-order valence-corrected chi connectivity index (χ4v) is 3.47. The van der Waals surface area contributed by atoms with Crippen LogP contribution >= 0.6 is 11.6 Å². The fourth-order valence-electron chi connectivity index (χ4n) is 3.28. The SMILES string of the molecule is COc1ccc(C2=NO[C@H]3C(=O)N(c4cccc(Cl)c4)C(=O)[C@@H]23)cc1OC. The molecule has 27 heavy (non-hydrogen) atoms. The molecule has 2 aliphatic rings. The number of imide groups is 1. The van der Waals surface area contributed by atoms with Gasteiger partial charge in [0.1, 0.15) is 11.6 Å². The van der Waals surface area contributed by atoms with Crippen molar-refractivity contribution in [3.63, 3.8) is 0 Å². The first-order chi connectivity index (χ1) is 13.0. The van der Waals surface area contributed by atoms with Crippen LogP contribution in [0.25, 0.3) is 0 Å². The average molecular weight is 387 g/mol. The second-order valence-electron chi connectivity index (χ2n) is 6.04. The van der Waals surface area contributed by atoms with Crippen LogP contribution in [0.1, 0.15) is 5.56 Å². The summed E-state index contributed by atoms with van der Waals surface area (Å²) in [5.41, 5.74) is 1.40. The van der Waals surface area contributed by atoms with Crippen LogP contribution in [0.15, 0.2) is 47.6 Å². The minimum atomic E-state index is -0.987. The van der Waals surface area contributed by atoms with E-state index in [9.17, 15) is 9.59 Å². The van der Waals surface area contributed by atoms with Crippen molar-refractivity contribution >= 4 is 34.8 Å². The molecule has 8 heteroatoms. The molecule has 2 heterocycles. The molecule has 0 aliphatic carbocycles. The number of amides is 2. The second-order valence-corrected chi connectivity index (χ2v) is 6.48. The van der Waals surface area contributed by atoms with E-state index in [4.69, 9.17) is 25.9 Å². The maximum absolute atomic E-state index is 13.0. The summed E-state index contributed by atoms with van der Waals surface area (Å²) in [7, 11) is 3.05. The summed E-state index contributed by atoms with van der Waals surface area (Å²) < 4.78 is 10.5. The molecule has 0 saturated carbocycles. The zero-order valence-corrected chi connectivity index (χ0v) is 15.3. The molecule has 2 amide bonds. The van der Waals surface area contributed by atoms with Crippen LogP contribution in [0.4, 0.5) is 5.69 Å². The first kappa shape index (κ1) is 17.4. The summed E-state index contributed by atoms with van der Waals surface area (Å²) in [5, 5.41) is 4.42. The van der Waals surface area contributed by atoms with Gasteiger partial charge in [-0.2, -0.15) is 0 Å². The van der Waals surface area contributed by atoms with E-state index >= 15 is 0 Å². The van der Waals surface area contributed by atoms with Crippen molar-refractivity contribution in [2.24, 2.45) is 11.1 Å². The Labute approximate surface area is 160 Å². The summed E-state index contributed by atoms with van der Waals surface area (Å²) in [5.74, 6) is -0.657. The predicted octanol–water partition coefficient (Wildman–Crippen LogP) is 2.65. The lowest BCUT2D eigenvalue weighted by molar-refractivity contribution is -0.126. The van der Waals surface area contributed by atoms with E-state index < -0.39 is 23.8 Å². The Morgan fingerprint density at radius 2 is 1.81 bits per heavy atom. The smallest absolute Gasteiger partial charge is 0.278 e. The van der Waals surface area contributed by atoms with Crippen LogP contribution in [0, 0.1) is 5.92 Å². The molecule has 0 N–H and O–H groups in total. The Morgan fingerprint density at radius 3 is 2.52 bits per heavy atom. The third-order valence-electron chi connectivity index (χ3n) is 4.56. The number of carbonyl (C=O) groups is 2. The zero-order chi connectivity index (χ0) is 19.1. The quantitative estimate of drug-likeness (QED) is 0.755. The molecule has 1 fully saturated rings. The number of halogens is 1. The molecule has 0 spiro atoms. The molecule has 2 aromatic rings. The number of nitrogens with zero attached hydrogens (tertiary/aromatic N) is 2. The molecule has 2 aromatic carbocycles. The number of anilines is 1. The Morgan fingerprint density at radius 1 is 1.04 bits per heavy atom. The van der Waals surface area contributed by atoms with Crippen molar-refractivity contribution < 1.29 is 23.9 Å². The number of methoxy groups -OCH3 is 2. The standard InChI is InChI=1S/C19H15ClN2O5/c1-25-13-7-6-10(8-14(13)26-2)16-15-17(27-21-16)19(24)22(18(15)23)12-5-3-4-11(20)9-12/h3-9,15,17H,1-2H3/t15-,17+/m0/s1. The lowest BCUT2D eigenvalue weighted by Gasteiger charge is -2.16. The minimum Gasteiger partial charge on any atom is -0.493 e. The van der Waals surface area contributed by atoms with Crippen molar-refractivity contribution in [3.05, 3.63) is 53.1 Å². The van der Waals surface area contributed by atoms with Crippen LogP contribution in [-0.4, -0.2) is 37.8 Å². The van der Waals surface area contributed by atoms with E-state index in [1.54, 1.807) is 42.5 Å². The summed E-state index contributed by atoms with van der Waals surface area (Å²) in [4.78, 5) is 32.1. The van der Waals surface area contributed by atoms with E-state index in [-0.39, 0.29) is 0 Å². The summed E-state index contributed by atoms with van der Waals surface area (Å²) in [6.45, 7) is 0. The van der Waals surface area contributed by atoms with Gasteiger partial charge < -0.3 is 14.3 Å². The maximum Gasteiger partial charge on any atom is 0.278 e. The van der Waals surface area contributed by atoms with E-state index in [0.29, 0.717) is 33.5 Å². The molecule has 7 nitrogen and oxygen atoms in total. The summed E-state index contributed by atoms with van der Waals surface area (Å²) >= 11 is 6.00. The Bertz CT molecular complexity index is 974. The highest BCUT2D eigenvalue weighted by Gasteiger charge is 2.56. The lowest BCUT2D eigenvalue weighted by atomic mass is 9.94. The number of ether oxygens (including phenoxy) is 2. The highest BCUT2D eigenvalue weighted by Crippen LogP contribution is 2.37. The van der Waals surface area contributed by atoms with E-state index in [0.717, 1.165) is 4.90 Å². The van der Waals surface area contributed by atoms with Gasteiger partial charge >= 0.3 is 0 Å². The van der Waals surface area contributed by atoms with Gasteiger partial charge in [0.15, 0.2) is 11.5 Å². The van der Waals surface area contributed by atoms with Crippen LogP contribution in [0.3, 0.4) is 0 Å². The van der Waals surface area contributed by atoms with Crippen molar-refractivity contribution in [1.82, 2.24) is 0 Å². The van der Waals surface area contributed by atoms with Crippen LogP contribution in [0.5, 0.6) is 11.5 Å². The number of oxime groups is 1. The van der Waals surface area contributed by atoms with Crippen molar-refractivity contribution in [2.45, 2.75) is 6.10 Å². The van der Waals surface area contributed by atoms with Gasteiger partial charge in [0.25, 0.3) is 5.91 Å². The predicted molar refractivity (Wildman–Crippen MR) is 98.4 cm³/mol. The normalized spacial score (nSPS) is 21.0. The largest absolute Gasteiger partial charge is 0.493 e. The zero-order valence-electron chi connectivity index (χ0n) is 14.5. The molecule has 138 valence electrons. The van der Waals surface area contributed by atoms with E-state index in [2.05, 4.69) is 5.16 Å². The molecule has 0 aromatic heterocycles. The molecule has 1 saturated heterocycles. The van der Waals surface area contributed by atoms with Gasteiger partial charge in [-0.15, -0.1) is 0 Å². The van der Waals surface area contributed by atoms with Crippen molar-refractivity contribution in [2.75, 3.05) is 19.1 Å². The molecule has 2 aliphatic heterocycles. The molecule has 0 bridgehead atoms. The molecule has 4 rings (SSSR count). The van der Waals surface area contributed by atoms with Gasteiger partial charge in [-0.25, -0.2) is 4.90 Å². The van der Waals surface area contributed by atoms with Gasteiger partial charge in [-0.3, -0.25) is 9.59 Å². The fraction of sp³-hybridized carbons (Fsp3) is 0.211. The highest BCUT2D eigenvalue weighted by molar-refractivity contribution is 6.34. The van der Waals surface area contributed by atoms with Crippen molar-refractivity contribution in [3.8, 4) is 11.5 Å². The van der Waals surface area contributed by atoms with E-state index in [1.165, 1.54) is 14.2 Å². The third-order valence-corrected chi connectivity index (χ3v) is 4.79. The summed E-state index contributed by atoms with van der Waals surface area (Å²) in [6.07, 6.45) is -0.987. The Hall–Kier alpha value is -3.06. The number of benzene rings is 2. The van der Waals surface area contributed by atoms with Crippen LogP contribution in [0.2, 0.25) is 5.02 Å². The molecule has 0 radical (unpaired) electrons. The number of hydrogen-bond acceptors (Lipinski definition) is 6. The van der Waals surface area contributed by atoms with Crippen LogP contribution < -0.4 is 14.4 Å². The Balaban J connectivity index is 1.70. The molecule has 0 unspecified atom stereocenters. The molecular weight excluding hydrogens is 372 g/mol. The monoisotopic (exact) mass is 386 g/mol. The minimum absolute atomic E-state index is 0.379. The number of fused-ring (bicyclic) bond motifs is 1. The average Bonchev–Trinajstić information content (AvgIpc) is 3.21. The molecular formula is C19H15ClN2O5. The van der Waals surface area contributed by atoms with Gasteiger partial charge in [-0.05, 0) is 36.4 Å². The maximum atomic E-state index is 13.0. The lowest BCUT2D eigenvalue weighted by Crippen LogP contribution is -2.33. The van der Waals surface area contributed by atoms with E-state index in [1.807, 2.05) is 0 Å². The number of hydrogen-bond donors (Lipinski definition) is 0. The number of rotatable bonds is 4. The molecule has 2 atom stereocenters. The Kier molecular flexibility index (Phi) is 4.24. The topological polar surface area (TPSA) is 77.4 Å². The van der Waals surface area contributed by atoms with Gasteiger partial charge in [-0.1, -0.05) is 22.8 Å². The van der Waals surface area contributed by atoms with Crippen molar-refractivity contribution in [1.29, 1.82) is 0 Å². The third kappa shape index (κ3) is 2.71. The van der Waals surface area contributed by atoms with Crippen LogP contribution in [-0.2, 0) is 14.4 Å². The first-order valence-corrected chi connectivity index (χ1v) is 8.52. The van der Waals surface area contributed by atoms with Gasteiger partial charge in [0.2, 0.25) is 12.0 Å². The van der Waals surface area contributed by atoms with Gasteiger partial charge in [0, 0.05) is 10.6 Å². The summed E-state index contributed by atoms with van der Waals surface area (Å²) in [6, 6.07) is 11.7. The number of carbonyl (C=O) groups excluding carboxylic acids is 2.